The number of piperidine rings is 1. The largest absolute Gasteiger partial charge is 0.358 e. The van der Waals surface area contributed by atoms with E-state index in [9.17, 15) is 4.79 Å². The number of rotatable bonds is 3. The summed E-state index contributed by atoms with van der Waals surface area (Å²) in [5.74, 6) is 0.609. The smallest absolute Gasteiger partial charge is 0.244 e. The van der Waals surface area contributed by atoms with Crippen LogP contribution in [0.5, 0.6) is 0 Å². The van der Waals surface area contributed by atoms with Crippen LogP contribution < -0.4 is 5.32 Å². The Balaban J connectivity index is 1.77. The summed E-state index contributed by atoms with van der Waals surface area (Å²) in [5.41, 5.74) is 0.551. The third-order valence-corrected chi connectivity index (χ3v) is 3.84. The quantitative estimate of drug-likeness (QED) is 0.845. The van der Waals surface area contributed by atoms with Crippen LogP contribution >= 0.6 is 11.6 Å². The molecule has 1 saturated heterocycles. The molecule has 0 saturated carbocycles. The van der Waals surface area contributed by atoms with Crippen LogP contribution in [0.1, 0.15) is 26.2 Å². The number of hydrogen-bond donors (Lipinski definition) is 2. The average Bonchev–Trinajstić information content (AvgIpc) is 2.95. The summed E-state index contributed by atoms with van der Waals surface area (Å²) in [6, 6.07) is -0.368. The summed E-state index contributed by atoms with van der Waals surface area (Å²) in [5, 5.41) is 10.6. The van der Waals surface area contributed by atoms with Crippen molar-refractivity contribution >= 4 is 34.4 Å². The molecule has 1 unspecified atom stereocenters. The molecule has 0 radical (unpaired) electrons. The molecule has 1 atom stereocenters. The number of H-pyrrole nitrogens is 1. The second-order valence-corrected chi connectivity index (χ2v) is 5.56. The standard InChI is InChI=1S/C13H17ClN6O/c1-8(12(21)20-5-3-2-4-6-20)16-10-9-7-15-19-11(9)18-13(14)17-10/h7-8H,2-6H2,1H3,(H2,15,16,17,18,19). The molecule has 7 nitrogen and oxygen atoms in total. The highest BCUT2D eigenvalue weighted by atomic mass is 35.5. The van der Waals surface area contributed by atoms with E-state index in [1.54, 1.807) is 6.20 Å². The highest BCUT2D eigenvalue weighted by molar-refractivity contribution is 6.28. The van der Waals surface area contributed by atoms with Crippen molar-refractivity contribution < 1.29 is 4.79 Å². The van der Waals surface area contributed by atoms with Crippen molar-refractivity contribution in [1.29, 1.82) is 0 Å². The highest BCUT2D eigenvalue weighted by Gasteiger charge is 2.23. The van der Waals surface area contributed by atoms with E-state index < -0.39 is 0 Å². The molecule has 2 aromatic heterocycles. The zero-order valence-electron chi connectivity index (χ0n) is 11.8. The average molecular weight is 309 g/mol. The Labute approximate surface area is 127 Å². The monoisotopic (exact) mass is 308 g/mol. The Kier molecular flexibility index (Phi) is 3.92. The summed E-state index contributed by atoms with van der Waals surface area (Å²) >= 11 is 5.89. The van der Waals surface area contributed by atoms with Gasteiger partial charge in [-0.05, 0) is 37.8 Å². The van der Waals surface area contributed by atoms with Crippen LogP contribution in [0.3, 0.4) is 0 Å². The third kappa shape index (κ3) is 2.92. The maximum Gasteiger partial charge on any atom is 0.244 e. The number of fused-ring (bicyclic) bond motifs is 1. The fraction of sp³-hybridized carbons (Fsp3) is 0.538. The Morgan fingerprint density at radius 2 is 2.14 bits per heavy atom. The molecule has 0 bridgehead atoms. The number of aromatic amines is 1. The van der Waals surface area contributed by atoms with E-state index in [0.29, 0.717) is 11.5 Å². The zero-order chi connectivity index (χ0) is 14.8. The lowest BCUT2D eigenvalue weighted by molar-refractivity contribution is -0.132. The van der Waals surface area contributed by atoms with E-state index in [1.807, 2.05) is 11.8 Å². The minimum Gasteiger partial charge on any atom is -0.358 e. The molecule has 1 amide bonds. The van der Waals surface area contributed by atoms with Gasteiger partial charge in [0.2, 0.25) is 11.2 Å². The predicted octanol–water partition coefficient (Wildman–Crippen LogP) is 1.82. The van der Waals surface area contributed by atoms with Gasteiger partial charge < -0.3 is 10.2 Å². The molecule has 3 heterocycles. The first-order chi connectivity index (χ1) is 10.1. The molecule has 21 heavy (non-hydrogen) atoms. The molecule has 8 heteroatoms. The van der Waals surface area contributed by atoms with E-state index in [1.165, 1.54) is 6.42 Å². The van der Waals surface area contributed by atoms with Crippen molar-refractivity contribution in [1.82, 2.24) is 25.1 Å². The van der Waals surface area contributed by atoms with Gasteiger partial charge in [-0.25, -0.2) is 0 Å². The molecule has 1 aliphatic heterocycles. The van der Waals surface area contributed by atoms with Gasteiger partial charge >= 0.3 is 0 Å². The maximum atomic E-state index is 12.4. The molecule has 1 fully saturated rings. The van der Waals surface area contributed by atoms with Crippen molar-refractivity contribution in [2.45, 2.75) is 32.2 Å². The lowest BCUT2D eigenvalue weighted by atomic mass is 10.1. The number of carbonyl (C=O) groups is 1. The number of hydrogen-bond acceptors (Lipinski definition) is 5. The number of anilines is 1. The first-order valence-electron chi connectivity index (χ1n) is 7.07. The van der Waals surface area contributed by atoms with Crippen molar-refractivity contribution in [3.05, 3.63) is 11.5 Å². The first-order valence-corrected chi connectivity index (χ1v) is 7.45. The Morgan fingerprint density at radius 1 is 1.38 bits per heavy atom. The SMILES string of the molecule is CC(Nc1nc(Cl)nc2[nH]ncc12)C(=O)N1CCCCC1. The maximum absolute atomic E-state index is 12.4. The fourth-order valence-electron chi connectivity index (χ4n) is 2.57. The first kappa shape index (κ1) is 14.1. The summed E-state index contributed by atoms with van der Waals surface area (Å²) in [6.07, 6.45) is 4.96. The molecule has 112 valence electrons. The van der Waals surface area contributed by atoms with Crippen LogP contribution in [0, 0.1) is 0 Å². The van der Waals surface area contributed by atoms with E-state index in [-0.39, 0.29) is 17.2 Å². The molecule has 0 aliphatic carbocycles. The van der Waals surface area contributed by atoms with Crippen LogP contribution in [0.4, 0.5) is 5.82 Å². The highest BCUT2D eigenvalue weighted by Crippen LogP contribution is 2.21. The van der Waals surface area contributed by atoms with E-state index in [4.69, 9.17) is 11.6 Å². The second kappa shape index (κ2) is 5.85. The van der Waals surface area contributed by atoms with Crippen molar-refractivity contribution in [2.24, 2.45) is 0 Å². The topological polar surface area (TPSA) is 86.8 Å². The van der Waals surface area contributed by atoms with Crippen LogP contribution in [0.15, 0.2) is 6.20 Å². The molecular weight excluding hydrogens is 292 g/mol. The second-order valence-electron chi connectivity index (χ2n) is 5.23. The predicted molar refractivity (Wildman–Crippen MR) is 80.2 cm³/mol. The minimum atomic E-state index is -0.368. The minimum absolute atomic E-state index is 0.0843. The molecule has 2 aromatic rings. The lowest BCUT2D eigenvalue weighted by Crippen LogP contribution is -2.44. The Bertz CT molecular complexity index is 651. The van der Waals surface area contributed by atoms with E-state index in [0.717, 1.165) is 31.3 Å². The number of carbonyl (C=O) groups excluding carboxylic acids is 1. The summed E-state index contributed by atoms with van der Waals surface area (Å²) < 4.78 is 0. The van der Waals surface area contributed by atoms with Crippen molar-refractivity contribution in [3.63, 3.8) is 0 Å². The number of likely N-dealkylation sites (tertiary alicyclic amines) is 1. The summed E-state index contributed by atoms with van der Waals surface area (Å²) in [4.78, 5) is 22.5. The molecule has 3 rings (SSSR count). The number of nitrogens with zero attached hydrogens (tertiary/aromatic N) is 4. The molecular formula is C13H17ClN6O. The molecule has 0 aromatic carbocycles. The Morgan fingerprint density at radius 3 is 2.90 bits per heavy atom. The van der Waals surface area contributed by atoms with Crippen LogP contribution in [-0.4, -0.2) is 50.1 Å². The number of nitrogens with one attached hydrogen (secondary N) is 2. The molecule has 1 aliphatic rings. The van der Waals surface area contributed by atoms with Gasteiger partial charge in [0.25, 0.3) is 0 Å². The van der Waals surface area contributed by atoms with Gasteiger partial charge in [-0.2, -0.15) is 15.1 Å². The zero-order valence-corrected chi connectivity index (χ0v) is 12.5. The Hall–Kier alpha value is -1.89. The fourth-order valence-corrected chi connectivity index (χ4v) is 2.74. The number of amides is 1. The lowest BCUT2D eigenvalue weighted by Gasteiger charge is -2.29. The normalized spacial score (nSPS) is 17.0. The van der Waals surface area contributed by atoms with Gasteiger partial charge in [0.1, 0.15) is 11.9 Å². The number of aromatic nitrogens is 4. The van der Waals surface area contributed by atoms with Gasteiger partial charge in [0.15, 0.2) is 5.65 Å². The van der Waals surface area contributed by atoms with Crippen molar-refractivity contribution in [2.75, 3.05) is 18.4 Å². The third-order valence-electron chi connectivity index (χ3n) is 3.67. The number of halogens is 1. The van der Waals surface area contributed by atoms with Crippen LogP contribution in [0.25, 0.3) is 11.0 Å². The van der Waals surface area contributed by atoms with E-state index in [2.05, 4.69) is 25.5 Å². The van der Waals surface area contributed by atoms with Gasteiger partial charge in [0.05, 0.1) is 11.6 Å². The molecule has 2 N–H and O–H groups in total. The van der Waals surface area contributed by atoms with Gasteiger partial charge in [0, 0.05) is 13.1 Å². The van der Waals surface area contributed by atoms with Crippen LogP contribution in [0.2, 0.25) is 5.28 Å². The molecule has 0 spiro atoms. The summed E-state index contributed by atoms with van der Waals surface area (Å²) in [6.45, 7) is 3.49. The van der Waals surface area contributed by atoms with E-state index >= 15 is 0 Å². The van der Waals surface area contributed by atoms with Gasteiger partial charge in [-0.15, -0.1) is 0 Å². The summed E-state index contributed by atoms with van der Waals surface area (Å²) in [7, 11) is 0. The van der Waals surface area contributed by atoms with Gasteiger partial charge in [-0.3, -0.25) is 9.89 Å². The van der Waals surface area contributed by atoms with Gasteiger partial charge in [-0.1, -0.05) is 0 Å². The van der Waals surface area contributed by atoms with Crippen LogP contribution in [-0.2, 0) is 4.79 Å². The van der Waals surface area contributed by atoms with Crippen molar-refractivity contribution in [3.8, 4) is 0 Å².